The summed E-state index contributed by atoms with van der Waals surface area (Å²) in [6.45, 7) is 4.80. The van der Waals surface area contributed by atoms with Gasteiger partial charge in [0.1, 0.15) is 0 Å². The summed E-state index contributed by atoms with van der Waals surface area (Å²) in [6, 6.07) is 7.58. The van der Waals surface area contributed by atoms with Gasteiger partial charge >= 0.3 is 0 Å². The average molecular weight is 273 g/mol. The van der Waals surface area contributed by atoms with Crippen LogP contribution in [0.1, 0.15) is 15.9 Å². The van der Waals surface area contributed by atoms with Gasteiger partial charge in [0.2, 0.25) is 0 Å². The van der Waals surface area contributed by atoms with Gasteiger partial charge in [-0.25, -0.2) is 0 Å². The maximum absolute atomic E-state index is 11.8. The van der Waals surface area contributed by atoms with E-state index < -0.39 is 0 Å². The molecule has 1 rings (SSSR count). The van der Waals surface area contributed by atoms with Gasteiger partial charge in [-0.2, -0.15) is 0 Å². The van der Waals surface area contributed by atoms with E-state index in [-0.39, 0.29) is 18.3 Å². The highest BCUT2D eigenvalue weighted by molar-refractivity contribution is 5.95. The van der Waals surface area contributed by atoms with Crippen molar-refractivity contribution < 1.29 is 9.53 Å². The molecule has 1 aromatic rings. The van der Waals surface area contributed by atoms with Crippen LogP contribution in [0.5, 0.6) is 0 Å². The number of nitrogens with one attached hydrogen (secondary N) is 2. The third-order valence-electron chi connectivity index (χ3n) is 2.46. The molecule has 0 aliphatic rings. The molecule has 0 radical (unpaired) electrons. The lowest BCUT2D eigenvalue weighted by Crippen LogP contribution is -2.33. The number of halogens is 1. The zero-order valence-corrected chi connectivity index (χ0v) is 11.7. The Hall–Kier alpha value is -1.10. The largest absolute Gasteiger partial charge is 0.383 e. The van der Waals surface area contributed by atoms with Crippen molar-refractivity contribution in [3.05, 3.63) is 35.4 Å². The molecule has 4 nitrogen and oxygen atoms in total. The quantitative estimate of drug-likeness (QED) is 0.738. The van der Waals surface area contributed by atoms with Crippen LogP contribution in [0, 0.1) is 6.92 Å². The fourth-order valence-electron chi connectivity index (χ4n) is 1.49. The lowest BCUT2D eigenvalue weighted by molar-refractivity contribution is 0.0953. The number of hydrogen-bond donors (Lipinski definition) is 2. The number of ether oxygens (including phenoxy) is 1. The van der Waals surface area contributed by atoms with Crippen LogP contribution in [0.2, 0.25) is 0 Å². The Morgan fingerprint density at radius 3 is 2.61 bits per heavy atom. The third-order valence-corrected chi connectivity index (χ3v) is 2.46. The van der Waals surface area contributed by atoms with Crippen LogP contribution in [0.3, 0.4) is 0 Å². The average Bonchev–Trinajstić information content (AvgIpc) is 2.34. The van der Waals surface area contributed by atoms with Gasteiger partial charge < -0.3 is 15.4 Å². The molecule has 0 aliphatic carbocycles. The van der Waals surface area contributed by atoms with E-state index in [1.54, 1.807) is 7.11 Å². The van der Waals surface area contributed by atoms with E-state index >= 15 is 0 Å². The first-order valence-corrected chi connectivity index (χ1v) is 5.79. The van der Waals surface area contributed by atoms with Gasteiger partial charge in [-0.05, 0) is 18.6 Å². The Morgan fingerprint density at radius 1 is 1.22 bits per heavy atom. The summed E-state index contributed by atoms with van der Waals surface area (Å²) in [6.07, 6.45) is 0. The summed E-state index contributed by atoms with van der Waals surface area (Å²) < 4.78 is 4.90. The molecule has 0 aliphatic heterocycles. The number of aryl methyl sites for hydroxylation is 1. The molecule has 0 atom stereocenters. The number of methoxy groups -OCH3 is 1. The number of carbonyl (C=O) groups is 1. The molecule has 0 unspecified atom stereocenters. The Balaban J connectivity index is 0.00000289. The summed E-state index contributed by atoms with van der Waals surface area (Å²) in [7, 11) is 1.67. The number of carbonyl (C=O) groups excluding carboxylic acids is 1. The maximum atomic E-state index is 11.8. The molecule has 18 heavy (non-hydrogen) atoms. The summed E-state index contributed by atoms with van der Waals surface area (Å²) in [5.74, 6) is -0.0170. The van der Waals surface area contributed by atoms with Gasteiger partial charge in [0.15, 0.2) is 0 Å². The number of amides is 1. The number of rotatable bonds is 7. The minimum Gasteiger partial charge on any atom is -0.383 e. The van der Waals surface area contributed by atoms with E-state index in [0.29, 0.717) is 13.2 Å². The molecule has 0 aromatic heterocycles. The second kappa shape index (κ2) is 9.88. The van der Waals surface area contributed by atoms with Crippen molar-refractivity contribution >= 4 is 18.3 Å². The summed E-state index contributed by atoms with van der Waals surface area (Å²) >= 11 is 0. The van der Waals surface area contributed by atoms with Crippen molar-refractivity contribution in [3.63, 3.8) is 0 Å². The normalized spacial score (nSPS) is 9.67. The highest BCUT2D eigenvalue weighted by Crippen LogP contribution is 2.05. The van der Waals surface area contributed by atoms with Gasteiger partial charge in [0.05, 0.1) is 6.61 Å². The van der Waals surface area contributed by atoms with Crippen LogP contribution in [0.4, 0.5) is 0 Å². The number of benzene rings is 1. The Labute approximate surface area is 115 Å². The maximum Gasteiger partial charge on any atom is 0.251 e. The zero-order chi connectivity index (χ0) is 12.5. The lowest BCUT2D eigenvalue weighted by atomic mass is 10.1. The standard InChI is InChI=1S/C13H20N2O2.ClH/c1-11-5-3-4-6-12(11)13(16)15-8-7-14-9-10-17-2;/h3-6,14H,7-10H2,1-2H3,(H,15,16);1H. The van der Waals surface area contributed by atoms with Gasteiger partial charge in [-0.15, -0.1) is 12.4 Å². The lowest BCUT2D eigenvalue weighted by Gasteiger charge is -2.08. The van der Waals surface area contributed by atoms with E-state index in [4.69, 9.17) is 4.74 Å². The minimum absolute atomic E-state index is 0. The minimum atomic E-state index is -0.0170. The molecule has 0 saturated carbocycles. The van der Waals surface area contributed by atoms with Crippen LogP contribution in [0.15, 0.2) is 24.3 Å². The van der Waals surface area contributed by atoms with Crippen LogP contribution in [0.25, 0.3) is 0 Å². The van der Waals surface area contributed by atoms with Crippen LogP contribution >= 0.6 is 12.4 Å². The van der Waals surface area contributed by atoms with Crippen LogP contribution in [-0.4, -0.2) is 39.3 Å². The van der Waals surface area contributed by atoms with Gasteiger partial charge in [-0.3, -0.25) is 4.79 Å². The predicted octanol–water partition coefficient (Wildman–Crippen LogP) is 1.38. The van der Waals surface area contributed by atoms with Gasteiger partial charge in [0.25, 0.3) is 5.91 Å². The van der Waals surface area contributed by atoms with Crippen molar-refractivity contribution in [3.8, 4) is 0 Å². The molecule has 2 N–H and O–H groups in total. The molecule has 102 valence electrons. The predicted molar refractivity (Wildman–Crippen MR) is 75.5 cm³/mol. The second-order valence-corrected chi connectivity index (χ2v) is 3.81. The van der Waals surface area contributed by atoms with E-state index in [1.807, 2.05) is 31.2 Å². The van der Waals surface area contributed by atoms with Crippen molar-refractivity contribution in [1.29, 1.82) is 0 Å². The van der Waals surface area contributed by atoms with Gasteiger partial charge in [0, 0.05) is 32.3 Å². The van der Waals surface area contributed by atoms with Crippen molar-refractivity contribution in [1.82, 2.24) is 10.6 Å². The Bertz CT molecular complexity index is 359. The smallest absolute Gasteiger partial charge is 0.251 e. The first-order valence-electron chi connectivity index (χ1n) is 5.79. The molecular formula is C13H21ClN2O2. The first-order chi connectivity index (χ1) is 8.25. The molecule has 1 amide bonds. The Morgan fingerprint density at radius 2 is 1.94 bits per heavy atom. The first kappa shape index (κ1) is 16.9. The van der Waals surface area contributed by atoms with Gasteiger partial charge in [-0.1, -0.05) is 18.2 Å². The molecule has 0 fully saturated rings. The van der Waals surface area contributed by atoms with Crippen LogP contribution in [-0.2, 0) is 4.74 Å². The fourth-order valence-corrected chi connectivity index (χ4v) is 1.49. The fraction of sp³-hybridized carbons (Fsp3) is 0.462. The van der Waals surface area contributed by atoms with Crippen molar-refractivity contribution in [2.75, 3.05) is 33.4 Å². The summed E-state index contributed by atoms with van der Waals surface area (Å²) in [4.78, 5) is 11.8. The molecule has 0 saturated heterocycles. The third kappa shape index (κ3) is 6.00. The molecule has 1 aromatic carbocycles. The molecule has 5 heteroatoms. The second-order valence-electron chi connectivity index (χ2n) is 3.81. The monoisotopic (exact) mass is 272 g/mol. The molecule has 0 heterocycles. The Kier molecular flexibility index (Phi) is 9.28. The van der Waals surface area contributed by atoms with E-state index in [9.17, 15) is 4.79 Å². The highest BCUT2D eigenvalue weighted by Gasteiger charge is 2.06. The van der Waals surface area contributed by atoms with Crippen LogP contribution < -0.4 is 10.6 Å². The van der Waals surface area contributed by atoms with Crippen molar-refractivity contribution in [2.45, 2.75) is 6.92 Å². The topological polar surface area (TPSA) is 50.4 Å². The number of hydrogen-bond acceptors (Lipinski definition) is 3. The highest BCUT2D eigenvalue weighted by atomic mass is 35.5. The SMILES string of the molecule is COCCNCCNC(=O)c1ccccc1C.Cl. The summed E-state index contributed by atoms with van der Waals surface area (Å²) in [5, 5.41) is 6.04. The summed E-state index contributed by atoms with van der Waals surface area (Å²) in [5.41, 5.74) is 1.74. The van der Waals surface area contributed by atoms with E-state index in [1.165, 1.54) is 0 Å². The molecule has 0 spiro atoms. The van der Waals surface area contributed by atoms with Crippen molar-refractivity contribution in [2.24, 2.45) is 0 Å². The molecule has 0 bridgehead atoms. The molecular weight excluding hydrogens is 252 g/mol. The zero-order valence-electron chi connectivity index (χ0n) is 10.9. The van der Waals surface area contributed by atoms with E-state index in [2.05, 4.69) is 10.6 Å². The van der Waals surface area contributed by atoms with E-state index in [0.717, 1.165) is 24.2 Å².